The van der Waals surface area contributed by atoms with Gasteiger partial charge in [-0.25, -0.2) is 0 Å². The first-order valence-corrected chi connectivity index (χ1v) is 6.77. The first-order chi connectivity index (χ1) is 7.88. The van der Waals surface area contributed by atoms with Crippen molar-refractivity contribution in [3.63, 3.8) is 0 Å². The molecule has 2 nitrogen and oxygen atoms in total. The first kappa shape index (κ1) is 13.1. The van der Waals surface area contributed by atoms with Gasteiger partial charge in [-0.05, 0) is 12.3 Å². The van der Waals surface area contributed by atoms with Crippen LogP contribution >= 0.6 is 11.8 Å². The zero-order valence-corrected chi connectivity index (χ0v) is 10.7. The zero-order chi connectivity index (χ0) is 11.6. The van der Waals surface area contributed by atoms with Crippen LogP contribution in [0.4, 0.5) is 0 Å². The van der Waals surface area contributed by atoms with E-state index in [4.69, 9.17) is 4.74 Å². The Labute approximate surface area is 102 Å². The highest BCUT2D eigenvalue weighted by Gasteiger charge is 1.95. The summed E-state index contributed by atoms with van der Waals surface area (Å²) in [4.78, 5) is 0. The largest absolute Gasteiger partial charge is 0.496 e. The molecule has 1 rings (SSSR count). The number of thioether (sulfide) groups is 1. The summed E-state index contributed by atoms with van der Waals surface area (Å²) in [5, 5.41) is 3.35. The maximum Gasteiger partial charge on any atom is 0.126 e. The van der Waals surface area contributed by atoms with E-state index in [9.17, 15) is 0 Å². The van der Waals surface area contributed by atoms with Crippen molar-refractivity contribution in [2.45, 2.75) is 0 Å². The molecule has 0 radical (unpaired) electrons. The minimum atomic E-state index is 0.901. The van der Waals surface area contributed by atoms with Crippen LogP contribution in [-0.4, -0.2) is 32.2 Å². The average molecular weight is 237 g/mol. The maximum absolute atomic E-state index is 5.27. The predicted molar refractivity (Wildman–Crippen MR) is 73.3 cm³/mol. The van der Waals surface area contributed by atoms with Gasteiger partial charge in [0.05, 0.1) is 7.11 Å². The Bertz CT molecular complexity index is 325. The number of para-hydroxylation sites is 1. The van der Waals surface area contributed by atoms with Gasteiger partial charge in [0, 0.05) is 24.4 Å². The molecule has 0 aromatic heterocycles. The van der Waals surface area contributed by atoms with E-state index >= 15 is 0 Å². The Morgan fingerprint density at radius 1 is 1.38 bits per heavy atom. The molecule has 0 aliphatic carbocycles. The van der Waals surface area contributed by atoms with E-state index in [1.807, 2.05) is 30.0 Å². The molecule has 0 aliphatic rings. The van der Waals surface area contributed by atoms with Crippen molar-refractivity contribution in [2.75, 3.05) is 32.2 Å². The summed E-state index contributed by atoms with van der Waals surface area (Å²) < 4.78 is 5.27. The van der Waals surface area contributed by atoms with Crippen LogP contribution in [0.5, 0.6) is 5.75 Å². The molecule has 1 N–H and O–H groups in total. The zero-order valence-electron chi connectivity index (χ0n) is 9.90. The van der Waals surface area contributed by atoms with Gasteiger partial charge < -0.3 is 10.1 Å². The van der Waals surface area contributed by atoms with Crippen molar-refractivity contribution >= 4 is 17.8 Å². The maximum atomic E-state index is 5.27. The van der Waals surface area contributed by atoms with Crippen LogP contribution in [0.15, 0.2) is 30.3 Å². The number of benzene rings is 1. The number of methoxy groups -OCH3 is 1. The number of rotatable bonds is 7. The fourth-order valence-corrected chi connectivity index (χ4v) is 1.70. The Morgan fingerprint density at radius 3 is 2.94 bits per heavy atom. The van der Waals surface area contributed by atoms with Crippen LogP contribution in [-0.2, 0) is 0 Å². The highest BCUT2D eigenvalue weighted by Crippen LogP contribution is 2.18. The molecule has 1 aromatic carbocycles. The van der Waals surface area contributed by atoms with Crippen molar-refractivity contribution in [2.24, 2.45) is 0 Å². The van der Waals surface area contributed by atoms with E-state index in [0.717, 1.165) is 30.2 Å². The second-order valence-corrected chi connectivity index (χ2v) is 4.33. The summed E-state index contributed by atoms with van der Waals surface area (Å²) in [5.41, 5.74) is 1.12. The van der Waals surface area contributed by atoms with Crippen molar-refractivity contribution < 1.29 is 4.74 Å². The number of hydrogen-bond donors (Lipinski definition) is 1. The molecule has 88 valence electrons. The summed E-state index contributed by atoms with van der Waals surface area (Å²) in [6, 6.07) is 8.02. The van der Waals surface area contributed by atoms with E-state index in [2.05, 4.69) is 29.8 Å². The third-order valence-corrected chi connectivity index (χ3v) is 2.79. The summed E-state index contributed by atoms with van der Waals surface area (Å²) in [6.07, 6.45) is 6.33. The lowest BCUT2D eigenvalue weighted by Crippen LogP contribution is -2.16. The van der Waals surface area contributed by atoms with Crippen molar-refractivity contribution in [1.29, 1.82) is 0 Å². The molecule has 0 spiro atoms. The van der Waals surface area contributed by atoms with E-state index in [-0.39, 0.29) is 0 Å². The monoisotopic (exact) mass is 237 g/mol. The molecule has 0 amide bonds. The van der Waals surface area contributed by atoms with E-state index in [1.165, 1.54) is 0 Å². The van der Waals surface area contributed by atoms with Gasteiger partial charge in [0.15, 0.2) is 0 Å². The first-order valence-electron chi connectivity index (χ1n) is 5.37. The topological polar surface area (TPSA) is 21.3 Å². The van der Waals surface area contributed by atoms with Gasteiger partial charge in [-0.3, -0.25) is 0 Å². The third-order valence-electron chi connectivity index (χ3n) is 2.18. The molecule has 1 aromatic rings. The molecule has 16 heavy (non-hydrogen) atoms. The lowest BCUT2D eigenvalue weighted by Gasteiger charge is -2.03. The number of ether oxygens (including phenoxy) is 1. The van der Waals surface area contributed by atoms with Gasteiger partial charge in [0.1, 0.15) is 5.75 Å². The number of hydrogen-bond acceptors (Lipinski definition) is 3. The highest BCUT2D eigenvalue weighted by atomic mass is 32.2. The van der Waals surface area contributed by atoms with Crippen LogP contribution in [0.2, 0.25) is 0 Å². The molecule has 0 bridgehead atoms. The molecule has 0 aliphatic heterocycles. The second kappa shape index (κ2) is 8.25. The normalized spacial score (nSPS) is 10.9. The summed E-state index contributed by atoms with van der Waals surface area (Å²) >= 11 is 1.86. The van der Waals surface area contributed by atoms with Gasteiger partial charge in [0.25, 0.3) is 0 Å². The van der Waals surface area contributed by atoms with Crippen LogP contribution in [0.1, 0.15) is 5.56 Å². The smallest absolute Gasteiger partial charge is 0.126 e. The van der Waals surface area contributed by atoms with Crippen molar-refractivity contribution in [3.8, 4) is 5.75 Å². The van der Waals surface area contributed by atoms with Gasteiger partial charge in [-0.15, -0.1) is 0 Å². The van der Waals surface area contributed by atoms with Crippen molar-refractivity contribution in [1.82, 2.24) is 5.32 Å². The third kappa shape index (κ3) is 4.73. The minimum absolute atomic E-state index is 0.901. The lowest BCUT2D eigenvalue weighted by molar-refractivity contribution is 0.414. The molecule has 0 saturated heterocycles. The van der Waals surface area contributed by atoms with Crippen LogP contribution < -0.4 is 10.1 Å². The molecule has 3 heteroatoms. The van der Waals surface area contributed by atoms with Crippen molar-refractivity contribution in [3.05, 3.63) is 35.9 Å². The fraction of sp³-hybridized carbons (Fsp3) is 0.385. The Kier molecular flexibility index (Phi) is 6.77. The molecule has 0 fully saturated rings. The quantitative estimate of drug-likeness (QED) is 0.737. The average Bonchev–Trinajstić information content (AvgIpc) is 2.34. The Balaban J connectivity index is 2.37. The lowest BCUT2D eigenvalue weighted by atomic mass is 10.2. The minimum Gasteiger partial charge on any atom is -0.496 e. The van der Waals surface area contributed by atoms with Crippen LogP contribution in [0.25, 0.3) is 6.08 Å². The van der Waals surface area contributed by atoms with Gasteiger partial charge >= 0.3 is 0 Å². The standard InChI is InChI=1S/C13H19NOS/c1-15-13-8-4-3-6-12(13)7-5-9-14-10-11-16-2/h3-8,14H,9-11H2,1-2H3/b7-5+. The predicted octanol–water partition coefficient (Wildman–Crippen LogP) is 2.66. The van der Waals surface area contributed by atoms with E-state index in [1.54, 1.807) is 7.11 Å². The van der Waals surface area contributed by atoms with Gasteiger partial charge in [0.2, 0.25) is 0 Å². The molecule has 0 unspecified atom stereocenters. The van der Waals surface area contributed by atoms with Crippen LogP contribution in [0, 0.1) is 0 Å². The summed E-state index contributed by atoms with van der Waals surface area (Å²) in [5.74, 6) is 2.07. The molecule has 0 heterocycles. The molecule has 0 atom stereocenters. The van der Waals surface area contributed by atoms with Crippen LogP contribution in [0.3, 0.4) is 0 Å². The van der Waals surface area contributed by atoms with E-state index in [0.29, 0.717) is 0 Å². The van der Waals surface area contributed by atoms with Gasteiger partial charge in [-0.1, -0.05) is 30.4 Å². The Morgan fingerprint density at radius 2 is 2.19 bits per heavy atom. The Hall–Kier alpha value is -0.930. The highest BCUT2D eigenvalue weighted by molar-refractivity contribution is 7.98. The second-order valence-electron chi connectivity index (χ2n) is 3.34. The molecular formula is C13H19NOS. The fourth-order valence-electron chi connectivity index (χ4n) is 1.35. The summed E-state index contributed by atoms with van der Waals surface area (Å²) in [6.45, 7) is 1.95. The molecular weight excluding hydrogens is 218 g/mol. The SMILES string of the molecule is COc1ccccc1/C=C/CNCCSC. The molecule has 0 saturated carbocycles. The number of nitrogens with one attached hydrogen (secondary N) is 1. The summed E-state index contributed by atoms with van der Waals surface area (Å²) in [7, 11) is 1.70. The van der Waals surface area contributed by atoms with E-state index < -0.39 is 0 Å². The van der Waals surface area contributed by atoms with Gasteiger partial charge in [-0.2, -0.15) is 11.8 Å².